The van der Waals surface area contributed by atoms with Gasteiger partial charge in [-0.05, 0) is 62.2 Å². The number of fused-ring (bicyclic) bond motifs is 1. The molecule has 2 heterocycles. The van der Waals surface area contributed by atoms with Gasteiger partial charge in [0, 0.05) is 17.3 Å². The number of amides is 1. The number of benzene rings is 2. The molecule has 33 heavy (non-hydrogen) atoms. The lowest BCUT2D eigenvalue weighted by atomic mass is 10.2. The van der Waals surface area contributed by atoms with E-state index in [1.54, 1.807) is 6.20 Å². The molecule has 2 aromatic heterocycles. The van der Waals surface area contributed by atoms with Gasteiger partial charge in [-0.15, -0.1) is 0 Å². The minimum atomic E-state index is -0.261. The number of aryl methyl sites for hydroxylation is 2. The third-order valence-corrected chi connectivity index (χ3v) is 5.45. The Hall–Kier alpha value is -3.84. The van der Waals surface area contributed by atoms with E-state index in [1.807, 2.05) is 67.9 Å². The number of rotatable bonds is 7. The van der Waals surface area contributed by atoms with Crippen molar-refractivity contribution < 1.29 is 9.53 Å². The molecule has 0 radical (unpaired) electrons. The lowest BCUT2D eigenvalue weighted by Gasteiger charge is -2.15. The van der Waals surface area contributed by atoms with Crippen LogP contribution in [0.25, 0.3) is 16.7 Å². The second-order valence-electron chi connectivity index (χ2n) is 7.48. The summed E-state index contributed by atoms with van der Waals surface area (Å²) in [5.74, 6) is 1.42. The molecule has 0 saturated carbocycles. The molecule has 0 saturated heterocycles. The number of carbonyl (C=O) groups is 1. The Balaban J connectivity index is 1.75. The summed E-state index contributed by atoms with van der Waals surface area (Å²) in [6, 6.07) is 11.5. The summed E-state index contributed by atoms with van der Waals surface area (Å²) in [4.78, 5) is 20.7. The van der Waals surface area contributed by atoms with Gasteiger partial charge in [-0.25, -0.2) is 4.98 Å². The molecular formula is C25H24ClN5O2. The fraction of sp³-hybridized carbons (Fsp3) is 0.160. The molecule has 0 spiro atoms. The summed E-state index contributed by atoms with van der Waals surface area (Å²) in [6.45, 7) is 9.97. The SMILES string of the molecule is C=CC(=O)Nc1ccc2c(c1)c(C)cn2-c1nc(Nc2c(C)cccc2OCC)ncc1Cl. The summed E-state index contributed by atoms with van der Waals surface area (Å²) < 4.78 is 7.67. The highest BCUT2D eigenvalue weighted by Crippen LogP contribution is 2.32. The molecule has 0 atom stereocenters. The first-order valence-corrected chi connectivity index (χ1v) is 10.9. The van der Waals surface area contributed by atoms with Crippen molar-refractivity contribution in [3.05, 3.63) is 77.6 Å². The molecular weight excluding hydrogens is 438 g/mol. The highest BCUT2D eigenvalue weighted by Gasteiger charge is 2.15. The molecule has 4 rings (SSSR count). The number of nitrogens with one attached hydrogen (secondary N) is 2. The average molecular weight is 462 g/mol. The maximum Gasteiger partial charge on any atom is 0.247 e. The van der Waals surface area contributed by atoms with Gasteiger partial charge in [-0.2, -0.15) is 4.98 Å². The molecule has 2 N–H and O–H groups in total. The number of anilines is 3. The van der Waals surface area contributed by atoms with Gasteiger partial charge in [-0.1, -0.05) is 30.3 Å². The molecule has 0 unspecified atom stereocenters. The van der Waals surface area contributed by atoms with Crippen molar-refractivity contribution in [1.29, 1.82) is 0 Å². The Labute approximate surface area is 197 Å². The maximum atomic E-state index is 11.7. The summed E-state index contributed by atoms with van der Waals surface area (Å²) in [5, 5.41) is 7.45. The average Bonchev–Trinajstić information content (AvgIpc) is 3.13. The van der Waals surface area contributed by atoms with Crippen molar-refractivity contribution in [2.45, 2.75) is 20.8 Å². The number of para-hydroxylation sites is 1. The predicted octanol–water partition coefficient (Wildman–Crippen LogP) is 5.96. The number of nitrogens with zero attached hydrogens (tertiary/aromatic N) is 3. The molecule has 1 amide bonds. The normalized spacial score (nSPS) is 10.8. The van der Waals surface area contributed by atoms with Crippen molar-refractivity contribution in [3.63, 3.8) is 0 Å². The van der Waals surface area contributed by atoms with Crippen LogP contribution in [-0.2, 0) is 4.79 Å². The van der Waals surface area contributed by atoms with Gasteiger partial charge in [0.15, 0.2) is 5.82 Å². The zero-order valence-corrected chi connectivity index (χ0v) is 19.4. The van der Waals surface area contributed by atoms with Crippen molar-refractivity contribution in [3.8, 4) is 11.6 Å². The Morgan fingerprint density at radius 1 is 1.24 bits per heavy atom. The van der Waals surface area contributed by atoms with E-state index in [0.717, 1.165) is 33.5 Å². The lowest BCUT2D eigenvalue weighted by molar-refractivity contribution is -0.111. The zero-order valence-electron chi connectivity index (χ0n) is 18.6. The Morgan fingerprint density at radius 2 is 2.06 bits per heavy atom. The molecule has 0 aliphatic heterocycles. The molecule has 0 bridgehead atoms. The lowest BCUT2D eigenvalue weighted by Crippen LogP contribution is -2.07. The summed E-state index contributed by atoms with van der Waals surface area (Å²) in [7, 11) is 0. The molecule has 4 aromatic rings. The predicted molar refractivity (Wildman–Crippen MR) is 133 cm³/mol. The number of hydrogen-bond acceptors (Lipinski definition) is 5. The molecule has 2 aromatic carbocycles. The van der Waals surface area contributed by atoms with Crippen molar-refractivity contribution in [2.24, 2.45) is 0 Å². The highest BCUT2D eigenvalue weighted by molar-refractivity contribution is 6.32. The van der Waals surface area contributed by atoms with Crippen LogP contribution in [0, 0.1) is 13.8 Å². The van der Waals surface area contributed by atoms with Gasteiger partial charge < -0.3 is 15.4 Å². The van der Waals surface area contributed by atoms with Gasteiger partial charge in [0.05, 0.1) is 24.0 Å². The Morgan fingerprint density at radius 3 is 2.82 bits per heavy atom. The monoisotopic (exact) mass is 461 g/mol. The molecule has 168 valence electrons. The van der Waals surface area contributed by atoms with E-state index < -0.39 is 0 Å². The van der Waals surface area contributed by atoms with Gasteiger partial charge >= 0.3 is 0 Å². The van der Waals surface area contributed by atoms with Crippen LogP contribution in [0.1, 0.15) is 18.1 Å². The molecule has 0 aliphatic carbocycles. The van der Waals surface area contributed by atoms with Crippen molar-refractivity contribution >= 4 is 45.7 Å². The topological polar surface area (TPSA) is 81.1 Å². The van der Waals surface area contributed by atoms with Gasteiger partial charge in [-0.3, -0.25) is 9.36 Å². The first-order chi connectivity index (χ1) is 15.9. The molecule has 8 heteroatoms. The fourth-order valence-corrected chi connectivity index (χ4v) is 3.80. The van der Waals surface area contributed by atoms with E-state index in [9.17, 15) is 4.79 Å². The van der Waals surface area contributed by atoms with Crippen LogP contribution in [0.5, 0.6) is 5.75 Å². The number of carbonyl (C=O) groups excluding carboxylic acids is 1. The van der Waals surface area contributed by atoms with Crippen LogP contribution in [0.4, 0.5) is 17.3 Å². The van der Waals surface area contributed by atoms with Crippen molar-refractivity contribution in [1.82, 2.24) is 14.5 Å². The molecule has 7 nitrogen and oxygen atoms in total. The van der Waals surface area contributed by atoms with Crippen LogP contribution in [0.15, 0.2) is 61.4 Å². The number of aromatic nitrogens is 3. The minimum absolute atomic E-state index is 0.261. The molecule has 0 aliphatic rings. The quantitative estimate of drug-likeness (QED) is 0.332. The number of hydrogen-bond donors (Lipinski definition) is 2. The largest absolute Gasteiger partial charge is 0.492 e. The second-order valence-corrected chi connectivity index (χ2v) is 7.89. The van der Waals surface area contributed by atoms with Crippen LogP contribution < -0.4 is 15.4 Å². The highest BCUT2D eigenvalue weighted by atomic mass is 35.5. The summed E-state index contributed by atoms with van der Waals surface area (Å²) in [6.07, 6.45) is 4.77. The van der Waals surface area contributed by atoms with Crippen LogP contribution in [0.2, 0.25) is 5.02 Å². The third kappa shape index (κ3) is 4.54. The van der Waals surface area contributed by atoms with E-state index in [1.165, 1.54) is 6.08 Å². The van der Waals surface area contributed by atoms with Crippen LogP contribution >= 0.6 is 11.6 Å². The summed E-state index contributed by atoms with van der Waals surface area (Å²) >= 11 is 6.51. The number of halogens is 1. The minimum Gasteiger partial charge on any atom is -0.492 e. The van der Waals surface area contributed by atoms with Gasteiger partial charge in [0.25, 0.3) is 0 Å². The Bertz CT molecular complexity index is 1360. The van der Waals surface area contributed by atoms with Crippen molar-refractivity contribution in [2.75, 3.05) is 17.2 Å². The summed E-state index contributed by atoms with van der Waals surface area (Å²) in [5.41, 5.74) is 4.43. The van der Waals surface area contributed by atoms with E-state index in [4.69, 9.17) is 21.3 Å². The van der Waals surface area contributed by atoms with Gasteiger partial charge in [0.2, 0.25) is 11.9 Å². The van der Waals surface area contributed by atoms with Crippen LogP contribution in [-0.4, -0.2) is 27.0 Å². The van der Waals surface area contributed by atoms with Crippen LogP contribution in [0.3, 0.4) is 0 Å². The molecule has 0 fully saturated rings. The van der Waals surface area contributed by atoms with E-state index >= 15 is 0 Å². The maximum absolute atomic E-state index is 11.7. The van der Waals surface area contributed by atoms with Gasteiger partial charge in [0.1, 0.15) is 10.8 Å². The Kier molecular flexibility index (Phi) is 6.33. The second kappa shape index (κ2) is 9.34. The third-order valence-electron chi connectivity index (χ3n) is 5.18. The fourth-order valence-electron chi connectivity index (χ4n) is 3.62. The standard InChI is InChI=1S/C25H24ClN5O2/c1-5-22(32)28-17-10-11-20-18(12-17)16(4)14-31(20)24-19(26)13-27-25(30-24)29-23-15(3)8-7-9-21(23)33-6-2/h5,7-14H,1,6H2,2-4H3,(H,28,32)(H,27,29,30). The van der Waals surface area contributed by atoms with E-state index in [-0.39, 0.29) is 5.91 Å². The first kappa shape index (κ1) is 22.4. The smallest absolute Gasteiger partial charge is 0.247 e. The zero-order chi connectivity index (χ0) is 23.5. The first-order valence-electron chi connectivity index (χ1n) is 10.5. The van der Waals surface area contributed by atoms with E-state index in [2.05, 4.69) is 22.2 Å². The van der Waals surface area contributed by atoms with E-state index in [0.29, 0.717) is 29.1 Å². The number of ether oxygens (including phenoxy) is 1.